The summed E-state index contributed by atoms with van der Waals surface area (Å²) in [5.74, 6) is 0.857. The molecule has 1 aromatic carbocycles. The van der Waals surface area contributed by atoms with E-state index in [0.29, 0.717) is 39.6 Å². The largest absolute Gasteiger partial charge is 0.390 e. The summed E-state index contributed by atoms with van der Waals surface area (Å²) in [7, 11) is 0. The van der Waals surface area contributed by atoms with Gasteiger partial charge in [0.2, 0.25) is 0 Å². The predicted octanol–water partition coefficient (Wildman–Crippen LogP) is 3.22. The van der Waals surface area contributed by atoms with E-state index < -0.39 is 0 Å². The first-order valence-electron chi connectivity index (χ1n) is 8.76. The highest BCUT2D eigenvalue weighted by atomic mass is 32.2. The summed E-state index contributed by atoms with van der Waals surface area (Å²) in [5, 5.41) is 9.23. The molecule has 1 heterocycles. The normalized spacial score (nSPS) is 11.0. The molecular weight excluding hydrogens is 350 g/mol. The van der Waals surface area contributed by atoms with Crippen LogP contribution < -0.4 is 0 Å². The second-order valence-corrected chi connectivity index (χ2v) is 6.79. The van der Waals surface area contributed by atoms with Gasteiger partial charge in [-0.3, -0.25) is 4.98 Å². The molecule has 1 N–H and O–H groups in total. The zero-order valence-electron chi connectivity index (χ0n) is 15.2. The molecule has 1 aromatic heterocycles. The maximum Gasteiger partial charge on any atom is 0.0856 e. The Kier molecular flexibility index (Phi) is 10.3. The van der Waals surface area contributed by atoms with Crippen molar-refractivity contribution in [3.05, 3.63) is 59.4 Å². The minimum atomic E-state index is -0.0247. The number of aliphatic hydroxyl groups is 1. The maximum atomic E-state index is 9.23. The van der Waals surface area contributed by atoms with Crippen LogP contribution in [-0.2, 0) is 27.4 Å². The van der Waals surface area contributed by atoms with Crippen molar-refractivity contribution < 1.29 is 19.3 Å². The third-order valence-electron chi connectivity index (χ3n) is 3.75. The minimum absolute atomic E-state index is 0.0247. The lowest BCUT2D eigenvalue weighted by Gasteiger charge is -2.09. The smallest absolute Gasteiger partial charge is 0.0856 e. The van der Waals surface area contributed by atoms with Crippen molar-refractivity contribution in [2.75, 3.05) is 38.8 Å². The van der Waals surface area contributed by atoms with E-state index in [1.54, 1.807) is 18.0 Å². The van der Waals surface area contributed by atoms with Gasteiger partial charge in [-0.25, -0.2) is 0 Å². The first-order valence-corrected chi connectivity index (χ1v) is 9.75. The first kappa shape index (κ1) is 20.9. The highest BCUT2D eigenvalue weighted by molar-refractivity contribution is 7.99. The Labute approximate surface area is 159 Å². The third-order valence-corrected chi connectivity index (χ3v) is 4.87. The van der Waals surface area contributed by atoms with E-state index in [2.05, 4.69) is 4.98 Å². The SMILES string of the molecule is Cc1c(SCCOCCOCCOCc2ccccc2)ccnc1CO. The molecule has 0 aliphatic rings. The lowest BCUT2D eigenvalue weighted by atomic mass is 10.2. The van der Waals surface area contributed by atoms with Crippen LogP contribution in [0.1, 0.15) is 16.8 Å². The van der Waals surface area contributed by atoms with Crippen LogP contribution >= 0.6 is 11.8 Å². The standard InChI is InChI=1S/C20H27NO4S/c1-17-19(15-22)21-8-7-20(17)26-14-13-24-10-9-23-11-12-25-16-18-5-3-2-4-6-18/h2-8,22H,9-16H2,1H3. The van der Waals surface area contributed by atoms with Crippen LogP contribution in [0, 0.1) is 6.92 Å². The summed E-state index contributed by atoms with van der Waals surface area (Å²) >= 11 is 1.71. The second kappa shape index (κ2) is 12.8. The molecule has 0 atom stereocenters. The second-order valence-electron chi connectivity index (χ2n) is 5.65. The summed E-state index contributed by atoms with van der Waals surface area (Å²) in [6, 6.07) is 12.1. The molecule has 0 spiro atoms. The lowest BCUT2D eigenvalue weighted by Crippen LogP contribution is -2.10. The summed E-state index contributed by atoms with van der Waals surface area (Å²) in [5.41, 5.74) is 2.95. The number of aliphatic hydroxyl groups excluding tert-OH is 1. The van der Waals surface area contributed by atoms with Gasteiger partial charge in [0.15, 0.2) is 0 Å². The number of aromatic nitrogens is 1. The topological polar surface area (TPSA) is 60.8 Å². The Hall–Kier alpha value is -1.44. The van der Waals surface area contributed by atoms with Crippen molar-refractivity contribution in [3.63, 3.8) is 0 Å². The molecule has 26 heavy (non-hydrogen) atoms. The van der Waals surface area contributed by atoms with Gasteiger partial charge < -0.3 is 19.3 Å². The van der Waals surface area contributed by atoms with Gasteiger partial charge in [-0.2, -0.15) is 0 Å². The molecule has 2 rings (SSSR count). The zero-order valence-corrected chi connectivity index (χ0v) is 16.0. The Balaban J connectivity index is 1.43. The molecule has 0 fully saturated rings. The van der Waals surface area contributed by atoms with E-state index in [1.165, 1.54) is 5.56 Å². The fourth-order valence-corrected chi connectivity index (χ4v) is 3.20. The quantitative estimate of drug-likeness (QED) is 0.427. The molecule has 0 aliphatic heterocycles. The van der Waals surface area contributed by atoms with Gasteiger partial charge >= 0.3 is 0 Å². The first-order chi connectivity index (χ1) is 12.8. The molecule has 6 heteroatoms. The molecule has 0 radical (unpaired) electrons. The number of ether oxygens (including phenoxy) is 3. The van der Waals surface area contributed by atoms with Gasteiger partial charge in [0.05, 0.1) is 51.9 Å². The number of hydrogen-bond acceptors (Lipinski definition) is 6. The van der Waals surface area contributed by atoms with Gasteiger partial charge in [-0.05, 0) is 24.1 Å². The highest BCUT2D eigenvalue weighted by Crippen LogP contribution is 2.23. The van der Waals surface area contributed by atoms with E-state index in [9.17, 15) is 5.11 Å². The summed E-state index contributed by atoms with van der Waals surface area (Å²) < 4.78 is 16.6. The average molecular weight is 378 g/mol. The molecule has 0 saturated carbocycles. The van der Waals surface area contributed by atoms with Crippen molar-refractivity contribution >= 4 is 11.8 Å². The van der Waals surface area contributed by atoms with Gasteiger partial charge in [-0.1, -0.05) is 30.3 Å². The minimum Gasteiger partial charge on any atom is -0.390 e. The Morgan fingerprint density at radius 2 is 1.62 bits per heavy atom. The number of pyridine rings is 1. The molecule has 0 aliphatic carbocycles. The van der Waals surface area contributed by atoms with Gasteiger partial charge in [0.1, 0.15) is 0 Å². The van der Waals surface area contributed by atoms with Crippen molar-refractivity contribution in [2.45, 2.75) is 25.0 Å². The number of thioether (sulfide) groups is 1. The van der Waals surface area contributed by atoms with Crippen LogP contribution in [0.3, 0.4) is 0 Å². The third kappa shape index (κ3) is 7.85. The number of rotatable bonds is 13. The fraction of sp³-hybridized carbons (Fsp3) is 0.450. The average Bonchev–Trinajstić information content (AvgIpc) is 2.68. The predicted molar refractivity (Wildman–Crippen MR) is 103 cm³/mol. The lowest BCUT2D eigenvalue weighted by molar-refractivity contribution is 0.0132. The van der Waals surface area contributed by atoms with E-state index in [0.717, 1.165) is 21.9 Å². The Morgan fingerprint density at radius 1 is 0.923 bits per heavy atom. The van der Waals surface area contributed by atoms with Crippen LogP contribution in [0.4, 0.5) is 0 Å². The zero-order chi connectivity index (χ0) is 18.5. The Morgan fingerprint density at radius 3 is 2.35 bits per heavy atom. The van der Waals surface area contributed by atoms with Gasteiger partial charge in [0.25, 0.3) is 0 Å². The molecule has 0 saturated heterocycles. The van der Waals surface area contributed by atoms with Gasteiger partial charge in [-0.15, -0.1) is 11.8 Å². The summed E-state index contributed by atoms with van der Waals surface area (Å²) in [6.45, 7) is 5.54. The van der Waals surface area contributed by atoms with E-state index in [-0.39, 0.29) is 6.61 Å². The summed E-state index contributed by atoms with van der Waals surface area (Å²) in [6.07, 6.45) is 1.73. The van der Waals surface area contributed by atoms with Crippen molar-refractivity contribution in [1.82, 2.24) is 4.98 Å². The van der Waals surface area contributed by atoms with E-state index >= 15 is 0 Å². The number of nitrogens with zero attached hydrogens (tertiary/aromatic N) is 1. The number of benzene rings is 1. The molecule has 0 bridgehead atoms. The van der Waals surface area contributed by atoms with Gasteiger partial charge in [0, 0.05) is 16.8 Å². The van der Waals surface area contributed by atoms with Crippen LogP contribution in [-0.4, -0.2) is 48.9 Å². The highest BCUT2D eigenvalue weighted by Gasteiger charge is 2.04. The van der Waals surface area contributed by atoms with Crippen LogP contribution in [0.15, 0.2) is 47.5 Å². The maximum absolute atomic E-state index is 9.23. The molecule has 5 nitrogen and oxygen atoms in total. The molecule has 0 amide bonds. The van der Waals surface area contributed by atoms with E-state index in [1.807, 2.05) is 43.3 Å². The van der Waals surface area contributed by atoms with Crippen LogP contribution in [0.2, 0.25) is 0 Å². The van der Waals surface area contributed by atoms with Crippen molar-refractivity contribution in [3.8, 4) is 0 Å². The molecule has 0 unspecified atom stereocenters. The fourth-order valence-electron chi connectivity index (χ4n) is 2.29. The number of hydrogen-bond donors (Lipinski definition) is 1. The van der Waals surface area contributed by atoms with Crippen molar-refractivity contribution in [1.29, 1.82) is 0 Å². The molecule has 142 valence electrons. The van der Waals surface area contributed by atoms with E-state index in [4.69, 9.17) is 14.2 Å². The monoisotopic (exact) mass is 377 g/mol. The van der Waals surface area contributed by atoms with Crippen molar-refractivity contribution in [2.24, 2.45) is 0 Å². The Bertz CT molecular complexity index is 624. The van der Waals surface area contributed by atoms with Crippen LogP contribution in [0.25, 0.3) is 0 Å². The molecule has 2 aromatic rings. The summed E-state index contributed by atoms with van der Waals surface area (Å²) in [4.78, 5) is 5.29. The van der Waals surface area contributed by atoms with Crippen LogP contribution in [0.5, 0.6) is 0 Å². The molecular formula is C20H27NO4S.